The van der Waals surface area contributed by atoms with Gasteiger partial charge in [-0.2, -0.15) is 0 Å². The van der Waals surface area contributed by atoms with Crippen LogP contribution >= 0.6 is 0 Å². The molecule has 0 bridgehead atoms. The number of aliphatic hydroxyl groups is 1. The van der Waals surface area contributed by atoms with Crippen LogP contribution in [0.1, 0.15) is 51.0 Å². The van der Waals surface area contributed by atoms with Crippen molar-refractivity contribution < 1.29 is 14.6 Å². The van der Waals surface area contributed by atoms with Gasteiger partial charge in [0.2, 0.25) is 0 Å². The highest BCUT2D eigenvalue weighted by molar-refractivity contribution is 5.84. The van der Waals surface area contributed by atoms with Crippen LogP contribution in [0, 0.1) is 0 Å². The summed E-state index contributed by atoms with van der Waals surface area (Å²) < 4.78 is 5.64. The van der Waals surface area contributed by atoms with E-state index >= 15 is 0 Å². The molecule has 0 aliphatic carbocycles. The fourth-order valence-electron chi connectivity index (χ4n) is 2.76. The lowest BCUT2D eigenvalue weighted by Gasteiger charge is -2.36. The molecule has 0 saturated heterocycles. The number of benzene rings is 1. The number of unbranched alkanes of at least 4 members (excludes halogenated alkanes) is 3. The van der Waals surface area contributed by atoms with Gasteiger partial charge in [-0.1, -0.05) is 56.5 Å². The van der Waals surface area contributed by atoms with Crippen molar-refractivity contribution in [1.82, 2.24) is 0 Å². The van der Waals surface area contributed by atoms with Gasteiger partial charge in [-0.15, -0.1) is 0 Å². The van der Waals surface area contributed by atoms with Crippen molar-refractivity contribution in [2.24, 2.45) is 0 Å². The highest BCUT2D eigenvalue weighted by atomic mass is 16.6. The number of hydrogen-bond donors (Lipinski definition) is 1. The normalized spacial score (nSPS) is 22.2. The van der Waals surface area contributed by atoms with Crippen molar-refractivity contribution in [3.05, 3.63) is 47.7 Å². The monoisotopic (exact) mass is 274 g/mol. The smallest absolute Gasteiger partial charge is 0.335 e. The van der Waals surface area contributed by atoms with Crippen molar-refractivity contribution in [1.29, 1.82) is 0 Å². The van der Waals surface area contributed by atoms with E-state index in [0.29, 0.717) is 6.42 Å². The molecule has 0 aromatic heterocycles. The number of carbonyl (C=O) groups excluding carboxylic acids is 1. The van der Waals surface area contributed by atoms with Crippen molar-refractivity contribution in [2.75, 3.05) is 0 Å². The SMILES string of the molecule is CCCCCCC1(c2ccccc2)CC(O)=CC(=O)O1. The van der Waals surface area contributed by atoms with Crippen molar-refractivity contribution in [2.45, 2.75) is 51.0 Å². The molecule has 1 aromatic rings. The minimum Gasteiger partial charge on any atom is -0.512 e. The summed E-state index contributed by atoms with van der Waals surface area (Å²) in [6.07, 6.45) is 6.75. The second kappa shape index (κ2) is 6.60. The van der Waals surface area contributed by atoms with Gasteiger partial charge >= 0.3 is 5.97 Å². The Labute approximate surface area is 120 Å². The average molecular weight is 274 g/mol. The zero-order valence-corrected chi connectivity index (χ0v) is 12.0. The molecule has 1 heterocycles. The van der Waals surface area contributed by atoms with Crippen LogP contribution < -0.4 is 0 Å². The molecule has 1 unspecified atom stereocenters. The van der Waals surface area contributed by atoms with Gasteiger partial charge in [-0.05, 0) is 18.4 Å². The topological polar surface area (TPSA) is 46.5 Å². The zero-order valence-electron chi connectivity index (χ0n) is 12.0. The summed E-state index contributed by atoms with van der Waals surface area (Å²) in [5.41, 5.74) is 0.259. The fraction of sp³-hybridized carbons (Fsp3) is 0.471. The van der Waals surface area contributed by atoms with E-state index < -0.39 is 11.6 Å². The lowest BCUT2D eigenvalue weighted by Crippen LogP contribution is -2.35. The number of esters is 1. The molecule has 3 nitrogen and oxygen atoms in total. The lowest BCUT2D eigenvalue weighted by atomic mass is 9.83. The van der Waals surface area contributed by atoms with E-state index in [-0.39, 0.29) is 5.76 Å². The van der Waals surface area contributed by atoms with Crippen LogP contribution in [-0.4, -0.2) is 11.1 Å². The van der Waals surface area contributed by atoms with Crippen LogP contribution in [0.3, 0.4) is 0 Å². The van der Waals surface area contributed by atoms with E-state index in [1.165, 1.54) is 18.9 Å². The number of ether oxygens (including phenoxy) is 1. The molecule has 0 fully saturated rings. The Morgan fingerprint density at radius 3 is 2.60 bits per heavy atom. The average Bonchev–Trinajstić information content (AvgIpc) is 2.44. The van der Waals surface area contributed by atoms with Crippen LogP contribution in [0.15, 0.2) is 42.2 Å². The molecular weight excluding hydrogens is 252 g/mol. The van der Waals surface area contributed by atoms with Gasteiger partial charge in [0.1, 0.15) is 11.4 Å². The molecule has 0 spiro atoms. The molecule has 108 valence electrons. The van der Waals surface area contributed by atoms with Gasteiger partial charge in [-0.3, -0.25) is 0 Å². The molecule has 0 saturated carbocycles. The summed E-state index contributed by atoms with van der Waals surface area (Å²) in [5, 5.41) is 9.84. The van der Waals surface area contributed by atoms with Crippen LogP contribution in [0.2, 0.25) is 0 Å². The van der Waals surface area contributed by atoms with E-state index in [4.69, 9.17) is 4.74 Å². The summed E-state index contributed by atoms with van der Waals surface area (Å²) in [6.45, 7) is 2.17. The van der Waals surface area contributed by atoms with Gasteiger partial charge in [0.25, 0.3) is 0 Å². The minimum atomic E-state index is -0.703. The number of carbonyl (C=O) groups is 1. The largest absolute Gasteiger partial charge is 0.512 e. The second-order valence-electron chi connectivity index (χ2n) is 5.40. The molecule has 1 N–H and O–H groups in total. The van der Waals surface area contributed by atoms with Crippen molar-refractivity contribution >= 4 is 5.97 Å². The molecule has 1 aliphatic rings. The van der Waals surface area contributed by atoms with Gasteiger partial charge in [0, 0.05) is 6.42 Å². The molecule has 0 amide bonds. The standard InChI is InChI=1S/C17H22O3/c1-2-3-4-8-11-17(14-9-6-5-7-10-14)13-15(18)12-16(19)20-17/h5-7,9-10,12,18H,2-4,8,11,13H2,1H3. The first kappa shape index (κ1) is 14.6. The molecule has 1 aliphatic heterocycles. The van der Waals surface area contributed by atoms with Crippen LogP contribution in [-0.2, 0) is 15.1 Å². The highest BCUT2D eigenvalue weighted by Gasteiger charge is 2.39. The first-order valence-corrected chi connectivity index (χ1v) is 7.34. The first-order chi connectivity index (χ1) is 9.66. The van der Waals surface area contributed by atoms with Crippen LogP contribution in [0.4, 0.5) is 0 Å². The molecule has 2 rings (SSSR count). The molecular formula is C17H22O3. The summed E-state index contributed by atoms with van der Waals surface area (Å²) in [7, 11) is 0. The van der Waals surface area contributed by atoms with Gasteiger partial charge in [0.05, 0.1) is 6.08 Å². The number of hydrogen-bond acceptors (Lipinski definition) is 3. The minimum absolute atomic E-state index is 0.112. The highest BCUT2D eigenvalue weighted by Crippen LogP contribution is 2.39. The maximum Gasteiger partial charge on any atom is 0.335 e. The Morgan fingerprint density at radius 2 is 1.95 bits per heavy atom. The van der Waals surface area contributed by atoms with E-state index in [2.05, 4.69) is 6.92 Å². The quantitative estimate of drug-likeness (QED) is 0.623. The molecule has 3 heteroatoms. The fourth-order valence-corrected chi connectivity index (χ4v) is 2.76. The maximum absolute atomic E-state index is 11.7. The maximum atomic E-state index is 11.7. The van der Waals surface area contributed by atoms with Crippen LogP contribution in [0.25, 0.3) is 0 Å². The summed E-state index contributed by atoms with van der Waals surface area (Å²) >= 11 is 0. The number of rotatable bonds is 6. The van der Waals surface area contributed by atoms with Gasteiger partial charge in [0.15, 0.2) is 0 Å². The second-order valence-corrected chi connectivity index (χ2v) is 5.40. The lowest BCUT2D eigenvalue weighted by molar-refractivity contribution is -0.159. The molecule has 0 radical (unpaired) electrons. The number of cyclic esters (lactones) is 1. The third kappa shape index (κ3) is 3.41. The van der Waals surface area contributed by atoms with Crippen LogP contribution in [0.5, 0.6) is 0 Å². The Balaban J connectivity index is 2.20. The van der Waals surface area contributed by atoms with E-state index in [1.54, 1.807) is 0 Å². The predicted octanol–water partition coefficient (Wildman–Crippen LogP) is 4.24. The Hall–Kier alpha value is -1.77. The predicted molar refractivity (Wildman–Crippen MR) is 78.3 cm³/mol. The van der Waals surface area contributed by atoms with E-state index in [0.717, 1.165) is 24.8 Å². The van der Waals surface area contributed by atoms with E-state index in [1.807, 2.05) is 30.3 Å². The van der Waals surface area contributed by atoms with E-state index in [9.17, 15) is 9.90 Å². The molecule has 1 aromatic carbocycles. The third-order valence-electron chi connectivity index (χ3n) is 3.78. The first-order valence-electron chi connectivity index (χ1n) is 7.34. The number of aliphatic hydroxyl groups excluding tert-OH is 1. The Kier molecular flexibility index (Phi) is 4.83. The summed E-state index contributed by atoms with van der Waals surface area (Å²) in [4.78, 5) is 11.7. The van der Waals surface area contributed by atoms with Gasteiger partial charge < -0.3 is 9.84 Å². The van der Waals surface area contributed by atoms with Crippen molar-refractivity contribution in [3.8, 4) is 0 Å². The Bertz CT molecular complexity index is 478. The summed E-state index contributed by atoms with van der Waals surface area (Å²) in [5.74, 6) is -0.339. The molecule has 1 atom stereocenters. The molecule has 20 heavy (non-hydrogen) atoms. The Morgan fingerprint density at radius 1 is 1.20 bits per heavy atom. The van der Waals surface area contributed by atoms with Gasteiger partial charge in [-0.25, -0.2) is 4.79 Å². The van der Waals surface area contributed by atoms with Crippen molar-refractivity contribution in [3.63, 3.8) is 0 Å². The summed E-state index contributed by atoms with van der Waals surface area (Å²) in [6, 6.07) is 9.74. The third-order valence-corrected chi connectivity index (χ3v) is 3.78. The zero-order chi connectivity index (χ0) is 14.4.